The maximum atomic E-state index is 5.79. The number of rotatable bonds is 6. The van der Waals surface area contributed by atoms with Crippen LogP contribution in [0.2, 0.25) is 0 Å². The molecule has 0 amide bonds. The Morgan fingerprint density at radius 2 is 2.24 bits per heavy atom. The minimum absolute atomic E-state index is 0.0961. The molecule has 1 fully saturated rings. The second-order valence-electron chi connectivity index (χ2n) is 4.78. The molecule has 0 radical (unpaired) electrons. The van der Waals surface area contributed by atoms with Gasteiger partial charge in [0.05, 0.1) is 10.5 Å². The molecule has 1 saturated carbocycles. The summed E-state index contributed by atoms with van der Waals surface area (Å²) in [5, 5.41) is 3.49. The van der Waals surface area contributed by atoms with Crippen molar-refractivity contribution in [3.63, 3.8) is 0 Å². The molecule has 0 bridgehead atoms. The highest BCUT2D eigenvalue weighted by Gasteiger charge is 2.28. The van der Waals surface area contributed by atoms with Crippen LogP contribution in [-0.2, 0) is 0 Å². The molecule has 96 valence electrons. The molecule has 2 rings (SSSR count). The summed E-state index contributed by atoms with van der Waals surface area (Å²) in [6.07, 6.45) is 2.77. The average molecular weight is 366 g/mol. The van der Waals surface area contributed by atoms with Crippen LogP contribution in [0.1, 0.15) is 31.6 Å². The van der Waals surface area contributed by atoms with Crippen molar-refractivity contribution in [1.82, 2.24) is 5.32 Å². The van der Waals surface area contributed by atoms with Gasteiger partial charge in [0.25, 0.3) is 0 Å². The van der Waals surface area contributed by atoms with Gasteiger partial charge in [0, 0.05) is 6.54 Å². The van der Waals surface area contributed by atoms with E-state index in [1.54, 1.807) is 0 Å². The van der Waals surface area contributed by atoms with Crippen LogP contribution < -0.4 is 11.1 Å². The normalized spacial score (nSPS) is 19.3. The maximum absolute atomic E-state index is 5.79. The fourth-order valence-electron chi connectivity index (χ4n) is 2.00. The Balaban J connectivity index is 1.91. The minimum atomic E-state index is 0.0961. The van der Waals surface area contributed by atoms with Crippen molar-refractivity contribution in [3.8, 4) is 0 Å². The fourth-order valence-corrected chi connectivity index (χ4v) is 2.60. The highest BCUT2D eigenvalue weighted by Crippen LogP contribution is 2.36. The van der Waals surface area contributed by atoms with Gasteiger partial charge in [-0.25, -0.2) is 0 Å². The third-order valence-electron chi connectivity index (χ3n) is 3.36. The third kappa shape index (κ3) is 3.56. The molecule has 1 aromatic heterocycles. The van der Waals surface area contributed by atoms with E-state index in [-0.39, 0.29) is 6.04 Å². The molecule has 1 aliphatic carbocycles. The van der Waals surface area contributed by atoms with Crippen LogP contribution in [0.15, 0.2) is 19.6 Å². The average Bonchev–Trinajstić information content (AvgIpc) is 3.08. The lowest BCUT2D eigenvalue weighted by Crippen LogP contribution is -2.31. The van der Waals surface area contributed by atoms with Crippen LogP contribution in [0.3, 0.4) is 0 Å². The van der Waals surface area contributed by atoms with Crippen molar-refractivity contribution >= 4 is 31.9 Å². The van der Waals surface area contributed by atoms with Gasteiger partial charge in [-0.3, -0.25) is 0 Å². The molecule has 1 aromatic rings. The van der Waals surface area contributed by atoms with E-state index in [2.05, 4.69) is 44.1 Å². The first-order chi connectivity index (χ1) is 8.11. The lowest BCUT2D eigenvalue weighted by molar-refractivity contribution is 0.370. The zero-order valence-electron chi connectivity index (χ0n) is 9.88. The van der Waals surface area contributed by atoms with E-state index in [9.17, 15) is 0 Å². The number of nitrogens with two attached hydrogens (primary N) is 1. The van der Waals surface area contributed by atoms with Crippen LogP contribution in [0, 0.1) is 11.8 Å². The van der Waals surface area contributed by atoms with Crippen LogP contribution in [0.4, 0.5) is 0 Å². The largest absolute Gasteiger partial charge is 0.451 e. The highest BCUT2D eigenvalue weighted by atomic mass is 79.9. The maximum Gasteiger partial charge on any atom is 0.183 e. The van der Waals surface area contributed by atoms with Gasteiger partial charge in [-0.1, -0.05) is 6.92 Å². The number of halogens is 2. The summed E-state index contributed by atoms with van der Waals surface area (Å²) in [6.45, 7) is 3.85. The summed E-state index contributed by atoms with van der Waals surface area (Å²) < 4.78 is 7.26. The first-order valence-electron chi connectivity index (χ1n) is 6.00. The summed E-state index contributed by atoms with van der Waals surface area (Å²) in [7, 11) is 0. The van der Waals surface area contributed by atoms with Crippen molar-refractivity contribution in [2.75, 3.05) is 13.1 Å². The Morgan fingerprint density at radius 1 is 1.53 bits per heavy atom. The van der Waals surface area contributed by atoms with Gasteiger partial charge >= 0.3 is 0 Å². The molecule has 0 saturated heterocycles. The molecular weight excluding hydrogens is 348 g/mol. The molecule has 2 unspecified atom stereocenters. The Hall–Kier alpha value is 0.160. The second-order valence-corrected chi connectivity index (χ2v) is 6.36. The molecule has 3 nitrogen and oxygen atoms in total. The number of nitrogens with one attached hydrogen (secondary N) is 1. The van der Waals surface area contributed by atoms with Crippen molar-refractivity contribution < 1.29 is 4.42 Å². The molecule has 1 heterocycles. The van der Waals surface area contributed by atoms with Crippen LogP contribution in [-0.4, -0.2) is 13.1 Å². The number of furan rings is 1. The summed E-state index contributed by atoms with van der Waals surface area (Å²) in [5.41, 5.74) is 5.79. The van der Waals surface area contributed by atoms with Crippen LogP contribution in [0.25, 0.3) is 0 Å². The van der Waals surface area contributed by atoms with Crippen molar-refractivity contribution in [2.24, 2.45) is 17.6 Å². The Labute approximate surface area is 119 Å². The van der Waals surface area contributed by atoms with Gasteiger partial charge in [-0.2, -0.15) is 0 Å². The molecule has 2 atom stereocenters. The van der Waals surface area contributed by atoms with Crippen LogP contribution in [0.5, 0.6) is 0 Å². The third-order valence-corrected chi connectivity index (χ3v) is 5.07. The van der Waals surface area contributed by atoms with E-state index in [0.29, 0.717) is 6.54 Å². The lowest BCUT2D eigenvalue weighted by Gasteiger charge is -2.17. The van der Waals surface area contributed by atoms with E-state index < -0.39 is 0 Å². The van der Waals surface area contributed by atoms with E-state index in [0.717, 1.165) is 33.3 Å². The molecule has 0 aromatic carbocycles. The summed E-state index contributed by atoms with van der Waals surface area (Å²) in [5.74, 6) is 2.52. The lowest BCUT2D eigenvalue weighted by atomic mass is 10.1. The highest BCUT2D eigenvalue weighted by molar-refractivity contribution is 9.13. The van der Waals surface area contributed by atoms with Gasteiger partial charge in [-0.05, 0) is 69.1 Å². The SMILES string of the molecule is CC(CNC(CN)c1cc(Br)c(Br)o1)C1CC1. The van der Waals surface area contributed by atoms with Crippen LogP contribution >= 0.6 is 31.9 Å². The Morgan fingerprint density at radius 3 is 2.71 bits per heavy atom. The molecule has 5 heteroatoms. The topological polar surface area (TPSA) is 51.2 Å². The van der Waals surface area contributed by atoms with Gasteiger partial charge in [0.2, 0.25) is 0 Å². The first-order valence-corrected chi connectivity index (χ1v) is 7.58. The molecule has 0 spiro atoms. The standard InChI is InChI=1S/C12H18Br2N2O/c1-7(8-2-3-8)6-16-10(5-15)11-4-9(13)12(14)17-11/h4,7-8,10,16H,2-3,5-6,15H2,1H3. The summed E-state index contributed by atoms with van der Waals surface area (Å²) >= 11 is 6.76. The van der Waals surface area contributed by atoms with Gasteiger partial charge < -0.3 is 15.5 Å². The molecule has 3 N–H and O–H groups in total. The summed E-state index contributed by atoms with van der Waals surface area (Å²) in [4.78, 5) is 0. The van der Waals surface area contributed by atoms with E-state index >= 15 is 0 Å². The zero-order valence-corrected chi connectivity index (χ0v) is 13.1. The van der Waals surface area contributed by atoms with Gasteiger partial charge in [-0.15, -0.1) is 0 Å². The Kier molecular flexibility index (Phi) is 4.69. The zero-order chi connectivity index (χ0) is 12.4. The Bertz CT molecular complexity index is 357. The molecule has 17 heavy (non-hydrogen) atoms. The monoisotopic (exact) mass is 364 g/mol. The predicted octanol–water partition coefficient (Wildman–Crippen LogP) is 3.44. The number of hydrogen-bond donors (Lipinski definition) is 2. The quantitative estimate of drug-likeness (QED) is 0.811. The molecule has 1 aliphatic rings. The predicted molar refractivity (Wildman–Crippen MR) is 75.8 cm³/mol. The summed E-state index contributed by atoms with van der Waals surface area (Å²) in [6, 6.07) is 2.06. The van der Waals surface area contributed by atoms with Crippen molar-refractivity contribution in [3.05, 3.63) is 21.0 Å². The first kappa shape index (κ1) is 13.6. The number of hydrogen-bond acceptors (Lipinski definition) is 3. The van der Waals surface area contributed by atoms with E-state index in [4.69, 9.17) is 10.2 Å². The molecule has 0 aliphatic heterocycles. The smallest absolute Gasteiger partial charge is 0.183 e. The second kappa shape index (κ2) is 5.87. The fraction of sp³-hybridized carbons (Fsp3) is 0.667. The van der Waals surface area contributed by atoms with Crippen molar-refractivity contribution in [1.29, 1.82) is 0 Å². The minimum Gasteiger partial charge on any atom is -0.451 e. The van der Waals surface area contributed by atoms with E-state index in [1.165, 1.54) is 12.8 Å². The molecular formula is C12H18Br2N2O. The van der Waals surface area contributed by atoms with E-state index in [1.807, 2.05) is 6.07 Å². The van der Waals surface area contributed by atoms with Crippen molar-refractivity contribution in [2.45, 2.75) is 25.8 Å². The van der Waals surface area contributed by atoms with Gasteiger partial charge in [0.15, 0.2) is 4.67 Å². The van der Waals surface area contributed by atoms with Gasteiger partial charge in [0.1, 0.15) is 5.76 Å².